The summed E-state index contributed by atoms with van der Waals surface area (Å²) < 4.78 is 19.5. The maximum atomic E-state index is 13.0. The first kappa shape index (κ1) is 17.1. The number of rotatable bonds is 6. The van der Waals surface area contributed by atoms with Gasteiger partial charge in [0, 0.05) is 30.2 Å². The van der Waals surface area contributed by atoms with Gasteiger partial charge in [0.05, 0.1) is 12.2 Å². The van der Waals surface area contributed by atoms with Gasteiger partial charge in [0.25, 0.3) is 11.5 Å². The van der Waals surface area contributed by atoms with Crippen LogP contribution < -0.4 is 10.9 Å². The van der Waals surface area contributed by atoms with Gasteiger partial charge in [-0.2, -0.15) is 5.10 Å². The summed E-state index contributed by atoms with van der Waals surface area (Å²) in [6, 6.07) is 10.5. The van der Waals surface area contributed by atoms with Gasteiger partial charge in [0.1, 0.15) is 11.6 Å². The molecule has 138 valence electrons. The second-order valence-corrected chi connectivity index (χ2v) is 6.43. The summed E-state index contributed by atoms with van der Waals surface area (Å²) in [5.74, 6) is 0.432. The van der Waals surface area contributed by atoms with Crippen LogP contribution in [0.3, 0.4) is 0 Å². The standard InChI is InChI=1S/C19H17FN4O3/c20-14-5-3-12(4-6-14)15-7-8-18(25)24(22-15)10-9-21-19(26)16-11-17(27-23-16)13-1-2-13/h3-8,11,13H,1-2,9-10H2,(H,21,26). The van der Waals surface area contributed by atoms with Crippen LogP contribution in [0.2, 0.25) is 0 Å². The van der Waals surface area contributed by atoms with E-state index in [1.54, 1.807) is 24.3 Å². The van der Waals surface area contributed by atoms with E-state index in [1.165, 1.54) is 22.9 Å². The van der Waals surface area contributed by atoms with Gasteiger partial charge in [0.2, 0.25) is 0 Å². The number of amides is 1. The van der Waals surface area contributed by atoms with E-state index in [0.29, 0.717) is 17.2 Å². The fourth-order valence-corrected chi connectivity index (χ4v) is 2.71. The summed E-state index contributed by atoms with van der Waals surface area (Å²) in [6.07, 6.45) is 2.13. The number of halogens is 1. The zero-order valence-corrected chi connectivity index (χ0v) is 14.4. The molecule has 0 bridgehead atoms. The number of hydrogen-bond acceptors (Lipinski definition) is 5. The van der Waals surface area contributed by atoms with Crippen LogP contribution >= 0.6 is 0 Å². The number of nitrogens with zero attached hydrogens (tertiary/aromatic N) is 3. The number of carbonyl (C=O) groups excluding carboxylic acids is 1. The third-order valence-corrected chi connectivity index (χ3v) is 4.36. The highest BCUT2D eigenvalue weighted by molar-refractivity contribution is 5.92. The molecule has 0 radical (unpaired) electrons. The van der Waals surface area contributed by atoms with Crippen LogP contribution in [0.5, 0.6) is 0 Å². The van der Waals surface area contributed by atoms with Crippen molar-refractivity contribution in [3.8, 4) is 11.3 Å². The Bertz CT molecular complexity index is 1020. The average molecular weight is 368 g/mol. The summed E-state index contributed by atoms with van der Waals surface area (Å²) in [7, 11) is 0. The minimum atomic E-state index is -0.353. The molecule has 3 aromatic rings. The fourth-order valence-electron chi connectivity index (χ4n) is 2.71. The smallest absolute Gasteiger partial charge is 0.273 e. The zero-order chi connectivity index (χ0) is 18.8. The van der Waals surface area contributed by atoms with Crippen molar-refractivity contribution >= 4 is 5.91 Å². The summed E-state index contributed by atoms with van der Waals surface area (Å²) in [6.45, 7) is 0.414. The highest BCUT2D eigenvalue weighted by atomic mass is 19.1. The topological polar surface area (TPSA) is 90.0 Å². The normalized spacial score (nSPS) is 13.5. The Morgan fingerprint density at radius 1 is 1.22 bits per heavy atom. The molecule has 0 unspecified atom stereocenters. The first-order valence-corrected chi connectivity index (χ1v) is 8.69. The molecule has 2 aromatic heterocycles. The molecule has 4 rings (SSSR count). The van der Waals surface area contributed by atoms with E-state index in [0.717, 1.165) is 18.6 Å². The molecule has 2 heterocycles. The number of aromatic nitrogens is 3. The maximum absolute atomic E-state index is 13.0. The lowest BCUT2D eigenvalue weighted by molar-refractivity contribution is 0.0942. The van der Waals surface area contributed by atoms with Gasteiger partial charge < -0.3 is 9.84 Å². The van der Waals surface area contributed by atoms with Crippen LogP contribution in [0.1, 0.15) is 35.0 Å². The molecule has 1 N–H and O–H groups in total. The van der Waals surface area contributed by atoms with Crippen LogP contribution in [0.15, 0.2) is 51.8 Å². The van der Waals surface area contributed by atoms with E-state index in [1.807, 2.05) is 0 Å². The summed E-state index contributed by atoms with van der Waals surface area (Å²) in [4.78, 5) is 24.1. The molecule has 0 saturated heterocycles. The lowest BCUT2D eigenvalue weighted by Crippen LogP contribution is -2.32. The summed E-state index contributed by atoms with van der Waals surface area (Å²) in [5, 5.41) is 10.8. The summed E-state index contributed by atoms with van der Waals surface area (Å²) in [5.41, 5.74) is 1.20. The van der Waals surface area contributed by atoms with Gasteiger partial charge in [-0.15, -0.1) is 0 Å². The predicted molar refractivity (Wildman–Crippen MR) is 94.7 cm³/mol. The van der Waals surface area contributed by atoms with Gasteiger partial charge in [-0.1, -0.05) is 5.16 Å². The molecule has 0 atom stereocenters. The van der Waals surface area contributed by atoms with E-state index >= 15 is 0 Å². The molecule has 1 fully saturated rings. The van der Waals surface area contributed by atoms with E-state index in [2.05, 4.69) is 15.6 Å². The molecule has 1 amide bonds. The molecular formula is C19H17FN4O3. The van der Waals surface area contributed by atoms with Crippen LogP contribution in [-0.4, -0.2) is 27.4 Å². The third kappa shape index (κ3) is 3.94. The highest BCUT2D eigenvalue weighted by Crippen LogP contribution is 2.40. The Morgan fingerprint density at radius 3 is 2.74 bits per heavy atom. The molecular weight excluding hydrogens is 351 g/mol. The van der Waals surface area contributed by atoms with E-state index in [-0.39, 0.29) is 36.1 Å². The molecule has 8 heteroatoms. The first-order valence-electron chi connectivity index (χ1n) is 8.69. The van der Waals surface area contributed by atoms with E-state index in [4.69, 9.17) is 4.52 Å². The Kier molecular flexibility index (Phi) is 4.53. The molecule has 1 aromatic carbocycles. The van der Waals surface area contributed by atoms with Gasteiger partial charge in [-0.3, -0.25) is 9.59 Å². The van der Waals surface area contributed by atoms with Crippen molar-refractivity contribution in [2.24, 2.45) is 0 Å². The van der Waals surface area contributed by atoms with Crippen LogP contribution in [0.25, 0.3) is 11.3 Å². The first-order chi connectivity index (χ1) is 13.1. The van der Waals surface area contributed by atoms with E-state index in [9.17, 15) is 14.0 Å². The van der Waals surface area contributed by atoms with Crippen molar-refractivity contribution in [1.82, 2.24) is 20.3 Å². The van der Waals surface area contributed by atoms with Crippen molar-refractivity contribution in [3.05, 3.63) is 70.1 Å². The van der Waals surface area contributed by atoms with Gasteiger partial charge in [-0.25, -0.2) is 9.07 Å². The quantitative estimate of drug-likeness (QED) is 0.721. The average Bonchev–Trinajstić information content (AvgIpc) is 3.40. The molecule has 0 spiro atoms. The fraction of sp³-hybridized carbons (Fsp3) is 0.263. The largest absolute Gasteiger partial charge is 0.360 e. The van der Waals surface area contributed by atoms with Crippen molar-refractivity contribution < 1.29 is 13.7 Å². The Balaban J connectivity index is 1.39. The number of nitrogens with one attached hydrogen (secondary N) is 1. The molecule has 27 heavy (non-hydrogen) atoms. The Labute approximate surface area is 153 Å². The Hall–Kier alpha value is -3.29. The van der Waals surface area contributed by atoms with Crippen LogP contribution in [-0.2, 0) is 6.54 Å². The van der Waals surface area contributed by atoms with Crippen molar-refractivity contribution in [2.75, 3.05) is 6.54 Å². The number of carbonyl (C=O) groups is 1. The predicted octanol–water partition coefficient (Wildman–Crippen LogP) is 2.34. The van der Waals surface area contributed by atoms with Gasteiger partial charge in [0.15, 0.2) is 5.69 Å². The molecule has 1 aliphatic carbocycles. The number of benzene rings is 1. The van der Waals surface area contributed by atoms with Crippen molar-refractivity contribution in [3.63, 3.8) is 0 Å². The zero-order valence-electron chi connectivity index (χ0n) is 14.4. The maximum Gasteiger partial charge on any atom is 0.273 e. The highest BCUT2D eigenvalue weighted by Gasteiger charge is 2.28. The summed E-state index contributed by atoms with van der Waals surface area (Å²) >= 11 is 0. The van der Waals surface area contributed by atoms with Crippen LogP contribution in [0, 0.1) is 5.82 Å². The van der Waals surface area contributed by atoms with Crippen molar-refractivity contribution in [1.29, 1.82) is 0 Å². The third-order valence-electron chi connectivity index (χ3n) is 4.36. The van der Waals surface area contributed by atoms with Gasteiger partial charge >= 0.3 is 0 Å². The number of hydrogen-bond donors (Lipinski definition) is 1. The SMILES string of the molecule is O=C(NCCn1nc(-c2ccc(F)cc2)ccc1=O)c1cc(C2CC2)on1. The Morgan fingerprint density at radius 2 is 2.00 bits per heavy atom. The molecule has 0 aliphatic heterocycles. The van der Waals surface area contributed by atoms with E-state index < -0.39 is 0 Å². The minimum Gasteiger partial charge on any atom is -0.360 e. The molecule has 1 aliphatic rings. The lowest BCUT2D eigenvalue weighted by Gasteiger charge is -2.08. The van der Waals surface area contributed by atoms with Crippen molar-refractivity contribution in [2.45, 2.75) is 25.3 Å². The molecule has 1 saturated carbocycles. The second kappa shape index (κ2) is 7.14. The minimum absolute atomic E-state index is 0.201. The van der Waals surface area contributed by atoms with Crippen LogP contribution in [0.4, 0.5) is 4.39 Å². The van der Waals surface area contributed by atoms with Gasteiger partial charge in [-0.05, 0) is 43.2 Å². The second-order valence-electron chi connectivity index (χ2n) is 6.43. The lowest BCUT2D eigenvalue weighted by atomic mass is 10.1. The molecule has 7 nitrogen and oxygen atoms in total. The monoisotopic (exact) mass is 368 g/mol.